The smallest absolute Gasteiger partial charge is 0.332 e. The van der Waals surface area contributed by atoms with Crippen molar-refractivity contribution in [2.45, 2.75) is 33.7 Å². The monoisotopic (exact) mass is 395 g/mol. The molecule has 1 aromatic carbocycles. The van der Waals surface area contributed by atoms with Crippen LogP contribution in [0.15, 0.2) is 40.1 Å². The van der Waals surface area contributed by atoms with Gasteiger partial charge in [-0.05, 0) is 38.0 Å². The van der Waals surface area contributed by atoms with E-state index in [1.54, 1.807) is 11.4 Å². The average molecular weight is 395 g/mol. The van der Waals surface area contributed by atoms with Crippen LogP contribution >= 0.6 is 0 Å². The topological polar surface area (TPSA) is 75.5 Å². The molecule has 8 nitrogen and oxygen atoms in total. The lowest BCUT2D eigenvalue weighted by Crippen LogP contribution is -2.40. The van der Waals surface area contributed by atoms with Crippen molar-refractivity contribution >= 4 is 16.9 Å². The number of aryl methyl sites for hydroxylation is 3. The molecule has 0 spiro atoms. The van der Waals surface area contributed by atoms with Crippen LogP contribution in [0.1, 0.15) is 25.1 Å². The molecule has 4 aromatic rings. The molecule has 29 heavy (non-hydrogen) atoms. The first-order valence-electron chi connectivity index (χ1n) is 9.84. The van der Waals surface area contributed by atoms with E-state index in [1.807, 2.05) is 36.7 Å². The van der Waals surface area contributed by atoms with Crippen molar-refractivity contribution in [2.75, 3.05) is 13.2 Å². The molecule has 0 saturated heterocycles. The Bertz CT molecular complexity index is 1310. The van der Waals surface area contributed by atoms with Gasteiger partial charge in [0, 0.05) is 31.2 Å². The molecule has 0 bridgehead atoms. The Hall–Kier alpha value is -3.13. The van der Waals surface area contributed by atoms with Crippen LogP contribution in [0.2, 0.25) is 0 Å². The first kappa shape index (κ1) is 19.2. The fourth-order valence-electron chi connectivity index (χ4n) is 3.71. The van der Waals surface area contributed by atoms with Crippen LogP contribution in [0, 0.1) is 6.92 Å². The number of fused-ring (bicyclic) bond motifs is 3. The zero-order valence-electron chi connectivity index (χ0n) is 17.2. The Morgan fingerprint density at radius 1 is 1.10 bits per heavy atom. The molecule has 0 aliphatic carbocycles. The van der Waals surface area contributed by atoms with E-state index >= 15 is 0 Å². The van der Waals surface area contributed by atoms with Crippen molar-refractivity contribution in [3.05, 3.63) is 62.6 Å². The summed E-state index contributed by atoms with van der Waals surface area (Å²) in [4.78, 5) is 30.5. The Morgan fingerprint density at radius 3 is 2.48 bits per heavy atom. The molecule has 0 saturated carbocycles. The Balaban J connectivity index is 1.97. The molecule has 0 aliphatic rings. The van der Waals surface area contributed by atoms with Crippen molar-refractivity contribution in [1.82, 2.24) is 23.1 Å². The number of benzene rings is 1. The highest BCUT2D eigenvalue weighted by atomic mass is 16.5. The fourth-order valence-corrected chi connectivity index (χ4v) is 3.71. The number of aromatic nitrogens is 5. The van der Waals surface area contributed by atoms with Crippen molar-refractivity contribution in [2.24, 2.45) is 7.05 Å². The quantitative estimate of drug-likeness (QED) is 0.468. The molecule has 0 aliphatic heterocycles. The summed E-state index contributed by atoms with van der Waals surface area (Å²) in [6.07, 6.45) is 2.86. The number of rotatable bonds is 6. The minimum absolute atomic E-state index is 0.209. The van der Waals surface area contributed by atoms with E-state index in [1.165, 1.54) is 14.7 Å². The number of imidazole rings is 2. The van der Waals surface area contributed by atoms with Gasteiger partial charge in [0.1, 0.15) is 0 Å². The predicted molar refractivity (Wildman–Crippen MR) is 112 cm³/mol. The van der Waals surface area contributed by atoms with Gasteiger partial charge in [0.2, 0.25) is 5.78 Å². The minimum atomic E-state index is -0.390. The lowest BCUT2D eigenvalue weighted by atomic mass is 10.1. The van der Waals surface area contributed by atoms with Gasteiger partial charge in [0.15, 0.2) is 11.2 Å². The number of ether oxygens (including phenoxy) is 1. The molecule has 0 radical (unpaired) electrons. The lowest BCUT2D eigenvalue weighted by Gasteiger charge is -2.08. The SMILES string of the molecule is CCOCCn1c(=O)c2c(nc3n(-c4ccc(CC)cc4)c(C)cn23)n(C)c1=O. The highest BCUT2D eigenvalue weighted by molar-refractivity contribution is 5.76. The van der Waals surface area contributed by atoms with E-state index in [4.69, 9.17) is 4.74 Å². The van der Waals surface area contributed by atoms with E-state index in [-0.39, 0.29) is 12.1 Å². The van der Waals surface area contributed by atoms with Crippen LogP contribution in [-0.4, -0.2) is 36.3 Å². The number of nitrogens with zero attached hydrogens (tertiary/aromatic N) is 5. The van der Waals surface area contributed by atoms with Crippen LogP contribution in [0.25, 0.3) is 22.6 Å². The summed E-state index contributed by atoms with van der Waals surface area (Å²) in [5.74, 6) is 0.608. The predicted octanol–water partition coefficient (Wildman–Crippen LogP) is 2.05. The maximum absolute atomic E-state index is 13.1. The number of hydrogen-bond donors (Lipinski definition) is 0. The standard InChI is InChI=1S/C21H25N5O3/c1-5-15-7-9-16(10-8-15)26-14(3)13-25-17-18(22-20(25)26)23(4)21(28)24(19(17)27)11-12-29-6-2/h7-10,13H,5-6,11-12H2,1-4H3. The zero-order chi connectivity index (χ0) is 20.7. The molecule has 3 aromatic heterocycles. The highest BCUT2D eigenvalue weighted by Gasteiger charge is 2.20. The Kier molecular flexibility index (Phi) is 4.87. The molecule has 4 rings (SSSR count). The maximum Gasteiger partial charge on any atom is 0.332 e. The lowest BCUT2D eigenvalue weighted by molar-refractivity contribution is 0.137. The minimum Gasteiger partial charge on any atom is -0.380 e. The Labute approximate surface area is 167 Å². The van der Waals surface area contributed by atoms with E-state index < -0.39 is 5.69 Å². The highest BCUT2D eigenvalue weighted by Crippen LogP contribution is 2.21. The van der Waals surface area contributed by atoms with Crippen molar-refractivity contribution in [1.29, 1.82) is 0 Å². The fraction of sp³-hybridized carbons (Fsp3) is 0.381. The third-order valence-electron chi connectivity index (χ3n) is 5.29. The van der Waals surface area contributed by atoms with Crippen LogP contribution in [0.5, 0.6) is 0 Å². The second kappa shape index (κ2) is 7.36. The summed E-state index contributed by atoms with van der Waals surface area (Å²) in [7, 11) is 1.64. The van der Waals surface area contributed by atoms with Gasteiger partial charge in [-0.15, -0.1) is 0 Å². The normalized spacial score (nSPS) is 11.7. The van der Waals surface area contributed by atoms with E-state index in [2.05, 4.69) is 24.0 Å². The van der Waals surface area contributed by atoms with Gasteiger partial charge in [-0.1, -0.05) is 19.1 Å². The van der Waals surface area contributed by atoms with Crippen LogP contribution in [0.4, 0.5) is 0 Å². The van der Waals surface area contributed by atoms with Gasteiger partial charge < -0.3 is 4.74 Å². The second-order valence-electron chi connectivity index (χ2n) is 7.08. The molecule has 152 valence electrons. The van der Waals surface area contributed by atoms with Crippen LogP contribution < -0.4 is 11.2 Å². The average Bonchev–Trinajstić information content (AvgIpc) is 3.23. The largest absolute Gasteiger partial charge is 0.380 e. The summed E-state index contributed by atoms with van der Waals surface area (Å²) in [6.45, 7) is 7.02. The summed E-state index contributed by atoms with van der Waals surface area (Å²) >= 11 is 0. The van der Waals surface area contributed by atoms with Crippen LogP contribution in [0.3, 0.4) is 0 Å². The van der Waals surface area contributed by atoms with E-state index in [0.29, 0.717) is 30.2 Å². The summed E-state index contributed by atoms with van der Waals surface area (Å²) < 4.78 is 11.7. The van der Waals surface area contributed by atoms with Gasteiger partial charge in [-0.3, -0.25) is 22.9 Å². The van der Waals surface area contributed by atoms with E-state index in [0.717, 1.165) is 17.8 Å². The molecule has 3 heterocycles. The third-order valence-corrected chi connectivity index (χ3v) is 5.29. The Morgan fingerprint density at radius 2 is 1.83 bits per heavy atom. The summed E-state index contributed by atoms with van der Waals surface area (Å²) in [5, 5.41) is 0. The van der Waals surface area contributed by atoms with Gasteiger partial charge in [0.05, 0.1) is 13.2 Å². The molecule has 0 N–H and O–H groups in total. The van der Waals surface area contributed by atoms with Gasteiger partial charge in [0.25, 0.3) is 5.56 Å². The third kappa shape index (κ3) is 3.00. The molecule has 0 amide bonds. The van der Waals surface area contributed by atoms with Gasteiger partial charge >= 0.3 is 5.69 Å². The number of hydrogen-bond acceptors (Lipinski definition) is 4. The summed E-state index contributed by atoms with van der Waals surface area (Å²) in [5.41, 5.74) is 3.20. The first-order valence-corrected chi connectivity index (χ1v) is 9.84. The first-order chi connectivity index (χ1) is 14.0. The zero-order valence-corrected chi connectivity index (χ0v) is 17.2. The molecule has 8 heteroatoms. The summed E-state index contributed by atoms with van der Waals surface area (Å²) in [6, 6.07) is 8.27. The van der Waals surface area contributed by atoms with Crippen LogP contribution in [-0.2, 0) is 24.8 Å². The van der Waals surface area contributed by atoms with Gasteiger partial charge in [-0.25, -0.2) is 4.79 Å². The van der Waals surface area contributed by atoms with Crippen molar-refractivity contribution in [3.63, 3.8) is 0 Å². The molecular formula is C21H25N5O3. The van der Waals surface area contributed by atoms with Crippen molar-refractivity contribution in [3.8, 4) is 5.69 Å². The molecular weight excluding hydrogens is 370 g/mol. The second-order valence-corrected chi connectivity index (χ2v) is 7.08. The van der Waals surface area contributed by atoms with Crippen molar-refractivity contribution < 1.29 is 4.74 Å². The van der Waals surface area contributed by atoms with E-state index in [9.17, 15) is 9.59 Å². The molecule has 0 atom stereocenters. The molecule has 0 fully saturated rings. The molecule has 0 unspecified atom stereocenters. The maximum atomic E-state index is 13.1. The van der Waals surface area contributed by atoms with Gasteiger partial charge in [-0.2, -0.15) is 4.98 Å².